The van der Waals surface area contributed by atoms with Gasteiger partial charge < -0.3 is 10.2 Å². The zero-order chi connectivity index (χ0) is 20.2. The smallest absolute Gasteiger partial charge is 0.326 e. The lowest BCUT2D eigenvalue weighted by atomic mass is 10.2. The molecule has 3 amide bonds. The molecular formula is C21H19ClN4O2S. The standard InChI is InChI=1S/C21H19ClN4O2S/c22-17-8-4-7-16(11-17)12-23-19(27)18-13-24-20(29-18)26-10-9-25(21(26)28)14-15-5-2-1-3-6-15/h1-8,11,13H,9-10,12,14H2,(H,23,27). The Morgan fingerprint density at radius 2 is 1.90 bits per heavy atom. The fourth-order valence-electron chi connectivity index (χ4n) is 3.12. The molecule has 1 fully saturated rings. The first-order chi connectivity index (χ1) is 14.1. The number of hydrogen-bond acceptors (Lipinski definition) is 4. The van der Waals surface area contributed by atoms with Crippen LogP contribution in [0.15, 0.2) is 60.8 Å². The number of urea groups is 1. The monoisotopic (exact) mass is 426 g/mol. The maximum Gasteiger partial charge on any atom is 0.326 e. The molecular weight excluding hydrogens is 408 g/mol. The number of halogens is 1. The van der Waals surface area contributed by atoms with Crippen LogP contribution in [0.2, 0.25) is 5.02 Å². The molecule has 29 heavy (non-hydrogen) atoms. The normalized spacial score (nSPS) is 13.8. The molecule has 0 radical (unpaired) electrons. The molecule has 1 saturated heterocycles. The lowest BCUT2D eigenvalue weighted by Gasteiger charge is -2.16. The molecule has 2 heterocycles. The predicted octanol–water partition coefficient (Wildman–Crippen LogP) is 4.17. The minimum Gasteiger partial charge on any atom is -0.347 e. The van der Waals surface area contributed by atoms with Gasteiger partial charge in [-0.2, -0.15) is 0 Å². The van der Waals surface area contributed by atoms with Crippen LogP contribution in [0.4, 0.5) is 9.93 Å². The van der Waals surface area contributed by atoms with Crippen molar-refractivity contribution in [3.8, 4) is 0 Å². The summed E-state index contributed by atoms with van der Waals surface area (Å²) in [6, 6.07) is 17.1. The van der Waals surface area contributed by atoms with Gasteiger partial charge in [-0.15, -0.1) is 0 Å². The zero-order valence-electron chi connectivity index (χ0n) is 15.5. The van der Waals surface area contributed by atoms with E-state index in [1.54, 1.807) is 15.9 Å². The molecule has 4 rings (SSSR count). The predicted molar refractivity (Wildman–Crippen MR) is 114 cm³/mol. The molecule has 3 aromatic rings. The largest absolute Gasteiger partial charge is 0.347 e. The minimum absolute atomic E-state index is 0.0888. The molecule has 0 spiro atoms. The van der Waals surface area contributed by atoms with Gasteiger partial charge in [0.25, 0.3) is 5.91 Å². The first-order valence-electron chi connectivity index (χ1n) is 9.19. The number of amides is 3. The van der Waals surface area contributed by atoms with E-state index in [-0.39, 0.29) is 11.9 Å². The van der Waals surface area contributed by atoms with Gasteiger partial charge in [0.1, 0.15) is 4.88 Å². The second-order valence-corrected chi connectivity index (χ2v) is 8.11. The molecule has 1 aliphatic rings. The fraction of sp³-hybridized carbons (Fsp3) is 0.190. The summed E-state index contributed by atoms with van der Waals surface area (Å²) in [5, 5.41) is 4.03. The molecule has 0 atom stereocenters. The van der Waals surface area contributed by atoms with E-state index in [4.69, 9.17) is 11.6 Å². The van der Waals surface area contributed by atoms with Crippen molar-refractivity contribution >= 4 is 40.0 Å². The second kappa shape index (κ2) is 8.63. The topological polar surface area (TPSA) is 65.5 Å². The summed E-state index contributed by atoms with van der Waals surface area (Å²) in [6.07, 6.45) is 1.51. The molecule has 0 aliphatic carbocycles. The van der Waals surface area contributed by atoms with Gasteiger partial charge in [0.05, 0.1) is 6.20 Å². The first kappa shape index (κ1) is 19.4. The molecule has 8 heteroatoms. The quantitative estimate of drug-likeness (QED) is 0.643. The van der Waals surface area contributed by atoms with Crippen molar-refractivity contribution in [3.05, 3.63) is 81.8 Å². The second-order valence-electron chi connectivity index (χ2n) is 6.66. The Morgan fingerprint density at radius 3 is 2.69 bits per heavy atom. The van der Waals surface area contributed by atoms with Crippen molar-refractivity contribution in [1.29, 1.82) is 0 Å². The van der Waals surface area contributed by atoms with Gasteiger partial charge in [-0.3, -0.25) is 9.69 Å². The molecule has 1 aromatic heterocycles. The van der Waals surface area contributed by atoms with Crippen LogP contribution in [0.1, 0.15) is 20.8 Å². The first-order valence-corrected chi connectivity index (χ1v) is 10.4. The van der Waals surface area contributed by atoms with Gasteiger partial charge in [-0.1, -0.05) is 65.4 Å². The Hall–Kier alpha value is -2.90. The van der Waals surface area contributed by atoms with Crippen LogP contribution < -0.4 is 10.2 Å². The lowest BCUT2D eigenvalue weighted by molar-refractivity contribution is 0.0954. The number of hydrogen-bond donors (Lipinski definition) is 1. The minimum atomic E-state index is -0.221. The van der Waals surface area contributed by atoms with Gasteiger partial charge in [-0.25, -0.2) is 9.78 Å². The van der Waals surface area contributed by atoms with E-state index in [0.29, 0.717) is 41.2 Å². The molecule has 148 valence electrons. The Balaban J connectivity index is 1.37. The maximum atomic E-state index is 12.7. The highest BCUT2D eigenvalue weighted by Gasteiger charge is 2.31. The number of thiazole rings is 1. The Bertz CT molecular complexity index is 1020. The number of aromatic nitrogens is 1. The lowest BCUT2D eigenvalue weighted by Crippen LogP contribution is -2.31. The third kappa shape index (κ3) is 4.58. The van der Waals surface area contributed by atoms with Gasteiger partial charge in [-0.05, 0) is 23.3 Å². The van der Waals surface area contributed by atoms with Crippen molar-refractivity contribution in [3.63, 3.8) is 0 Å². The average Bonchev–Trinajstić information content (AvgIpc) is 3.35. The summed E-state index contributed by atoms with van der Waals surface area (Å²) in [5.41, 5.74) is 2.00. The van der Waals surface area contributed by atoms with E-state index in [1.807, 2.05) is 48.5 Å². The average molecular weight is 427 g/mol. The third-order valence-electron chi connectivity index (χ3n) is 4.60. The van der Waals surface area contributed by atoms with E-state index in [1.165, 1.54) is 17.5 Å². The van der Waals surface area contributed by atoms with Crippen LogP contribution in [0, 0.1) is 0 Å². The maximum absolute atomic E-state index is 12.7. The summed E-state index contributed by atoms with van der Waals surface area (Å²) >= 11 is 7.19. The number of rotatable bonds is 6. The molecule has 1 aliphatic heterocycles. The van der Waals surface area contributed by atoms with Crippen LogP contribution in [0.5, 0.6) is 0 Å². The van der Waals surface area contributed by atoms with E-state index >= 15 is 0 Å². The molecule has 6 nitrogen and oxygen atoms in total. The highest BCUT2D eigenvalue weighted by molar-refractivity contribution is 7.17. The summed E-state index contributed by atoms with van der Waals surface area (Å²) in [6.45, 7) is 2.13. The van der Waals surface area contributed by atoms with Crippen molar-refractivity contribution in [2.45, 2.75) is 13.1 Å². The van der Waals surface area contributed by atoms with Crippen LogP contribution in [0.3, 0.4) is 0 Å². The summed E-state index contributed by atoms with van der Waals surface area (Å²) < 4.78 is 0. The number of carbonyl (C=O) groups excluding carboxylic acids is 2. The van der Waals surface area contributed by atoms with Gasteiger partial charge in [0.15, 0.2) is 5.13 Å². The van der Waals surface area contributed by atoms with Gasteiger partial charge in [0, 0.05) is 31.2 Å². The van der Waals surface area contributed by atoms with Gasteiger partial charge in [0.2, 0.25) is 0 Å². The van der Waals surface area contributed by atoms with E-state index in [0.717, 1.165) is 11.1 Å². The van der Waals surface area contributed by atoms with Crippen molar-refractivity contribution < 1.29 is 9.59 Å². The highest BCUT2D eigenvalue weighted by Crippen LogP contribution is 2.27. The summed E-state index contributed by atoms with van der Waals surface area (Å²) in [4.78, 5) is 33.3. The van der Waals surface area contributed by atoms with Crippen LogP contribution in [-0.2, 0) is 13.1 Å². The summed E-state index contributed by atoms with van der Waals surface area (Å²) in [5.74, 6) is -0.221. The van der Waals surface area contributed by atoms with E-state index in [9.17, 15) is 9.59 Å². The summed E-state index contributed by atoms with van der Waals surface area (Å²) in [7, 11) is 0. The molecule has 0 bridgehead atoms. The van der Waals surface area contributed by atoms with E-state index < -0.39 is 0 Å². The molecule has 1 N–H and O–H groups in total. The fourth-order valence-corrected chi connectivity index (χ4v) is 4.19. The Labute approximate surface area is 177 Å². The number of carbonyl (C=O) groups is 2. The molecule has 0 saturated carbocycles. The third-order valence-corrected chi connectivity index (χ3v) is 5.86. The SMILES string of the molecule is O=C(NCc1cccc(Cl)c1)c1cnc(N2CCN(Cc3ccccc3)C2=O)s1. The number of nitrogens with one attached hydrogen (secondary N) is 1. The zero-order valence-corrected chi connectivity index (χ0v) is 17.1. The molecule has 2 aromatic carbocycles. The number of anilines is 1. The van der Waals surface area contributed by atoms with E-state index in [2.05, 4.69) is 10.3 Å². The number of benzene rings is 2. The van der Waals surface area contributed by atoms with Crippen molar-refractivity contribution in [2.75, 3.05) is 18.0 Å². The Morgan fingerprint density at radius 1 is 1.10 bits per heavy atom. The van der Waals surface area contributed by atoms with Crippen molar-refractivity contribution in [1.82, 2.24) is 15.2 Å². The van der Waals surface area contributed by atoms with Crippen LogP contribution in [0.25, 0.3) is 0 Å². The van der Waals surface area contributed by atoms with Crippen LogP contribution in [-0.4, -0.2) is 34.9 Å². The van der Waals surface area contributed by atoms with Gasteiger partial charge >= 0.3 is 6.03 Å². The molecule has 0 unspecified atom stereocenters. The Kier molecular flexibility index (Phi) is 5.78. The van der Waals surface area contributed by atoms with Crippen LogP contribution >= 0.6 is 22.9 Å². The van der Waals surface area contributed by atoms with Crippen molar-refractivity contribution in [2.24, 2.45) is 0 Å². The number of nitrogens with zero attached hydrogens (tertiary/aromatic N) is 3. The highest BCUT2D eigenvalue weighted by atomic mass is 35.5.